The zero-order chi connectivity index (χ0) is 14.7. The molecule has 1 aromatic carbocycles. The summed E-state index contributed by atoms with van der Waals surface area (Å²) in [5.74, 6) is 0. The molecule has 108 valence electrons. The number of fused-ring (bicyclic) bond motifs is 1. The number of carbonyl (C=O) groups is 1. The van der Waals surface area contributed by atoms with E-state index >= 15 is 0 Å². The van der Waals surface area contributed by atoms with Gasteiger partial charge in [-0.3, -0.25) is 4.98 Å². The molecular weight excluding hydrogens is 330 g/mol. The van der Waals surface area contributed by atoms with Crippen LogP contribution in [0.1, 0.15) is 23.1 Å². The van der Waals surface area contributed by atoms with E-state index in [1.54, 1.807) is 12.4 Å². The molecule has 2 aromatic rings. The van der Waals surface area contributed by atoms with Crippen LogP contribution >= 0.6 is 15.9 Å². The summed E-state index contributed by atoms with van der Waals surface area (Å²) in [4.78, 5) is 15.9. The number of benzene rings is 1. The third-order valence-electron chi connectivity index (χ3n) is 3.63. The Morgan fingerprint density at radius 2 is 1.90 bits per heavy atom. The van der Waals surface area contributed by atoms with E-state index in [2.05, 4.69) is 43.7 Å². The van der Waals surface area contributed by atoms with Crippen molar-refractivity contribution in [1.82, 2.24) is 10.3 Å². The number of nitrogens with one attached hydrogen (secondary N) is 2. The van der Waals surface area contributed by atoms with E-state index in [9.17, 15) is 4.79 Å². The SMILES string of the molecule is O=C(NCc1ccncc1)Nc1cc2c(cc1Br)CCC2. The highest BCUT2D eigenvalue weighted by Crippen LogP contribution is 2.31. The third kappa shape index (κ3) is 3.42. The van der Waals surface area contributed by atoms with Crippen molar-refractivity contribution in [3.8, 4) is 0 Å². The summed E-state index contributed by atoms with van der Waals surface area (Å²) in [5.41, 5.74) is 4.56. The summed E-state index contributed by atoms with van der Waals surface area (Å²) in [6, 6.07) is 7.74. The van der Waals surface area contributed by atoms with Gasteiger partial charge >= 0.3 is 6.03 Å². The molecule has 1 aromatic heterocycles. The van der Waals surface area contributed by atoms with Gasteiger partial charge in [0.05, 0.1) is 5.69 Å². The van der Waals surface area contributed by atoms with Crippen LogP contribution in [0.5, 0.6) is 0 Å². The van der Waals surface area contributed by atoms with Crippen LogP contribution < -0.4 is 10.6 Å². The summed E-state index contributed by atoms with van der Waals surface area (Å²) in [7, 11) is 0. The van der Waals surface area contributed by atoms with E-state index in [0.717, 1.165) is 28.6 Å². The van der Waals surface area contributed by atoms with Crippen LogP contribution in [-0.4, -0.2) is 11.0 Å². The van der Waals surface area contributed by atoms with Gasteiger partial charge in [0.1, 0.15) is 0 Å². The molecule has 0 saturated carbocycles. The molecule has 0 atom stereocenters. The first-order chi connectivity index (χ1) is 10.2. The molecule has 4 nitrogen and oxygen atoms in total. The molecule has 21 heavy (non-hydrogen) atoms. The molecule has 0 radical (unpaired) electrons. The molecule has 0 saturated heterocycles. The fourth-order valence-electron chi connectivity index (χ4n) is 2.54. The van der Waals surface area contributed by atoms with Gasteiger partial charge in [-0.05, 0) is 76.1 Å². The van der Waals surface area contributed by atoms with Crippen LogP contribution in [0.25, 0.3) is 0 Å². The van der Waals surface area contributed by atoms with Crippen molar-refractivity contribution >= 4 is 27.6 Å². The maximum absolute atomic E-state index is 12.0. The zero-order valence-electron chi connectivity index (χ0n) is 11.5. The maximum atomic E-state index is 12.0. The fraction of sp³-hybridized carbons (Fsp3) is 0.250. The van der Waals surface area contributed by atoms with Crippen LogP contribution in [0.2, 0.25) is 0 Å². The Hall–Kier alpha value is -1.88. The molecule has 1 heterocycles. The number of halogens is 1. The number of carbonyl (C=O) groups excluding carboxylic acids is 1. The molecule has 1 aliphatic rings. The predicted octanol–water partition coefficient (Wildman–Crippen LogP) is 3.65. The summed E-state index contributed by atoms with van der Waals surface area (Å²) < 4.78 is 0.933. The van der Waals surface area contributed by atoms with E-state index in [-0.39, 0.29) is 6.03 Å². The van der Waals surface area contributed by atoms with Crippen molar-refractivity contribution in [3.05, 3.63) is 57.8 Å². The molecule has 5 heteroatoms. The Labute approximate surface area is 132 Å². The molecule has 0 fully saturated rings. The Balaban J connectivity index is 1.62. The molecule has 0 bridgehead atoms. The van der Waals surface area contributed by atoms with Gasteiger partial charge in [0.15, 0.2) is 0 Å². The van der Waals surface area contributed by atoms with Crippen LogP contribution in [0.15, 0.2) is 41.1 Å². The summed E-state index contributed by atoms with van der Waals surface area (Å²) in [6.07, 6.45) is 6.84. The minimum absolute atomic E-state index is 0.203. The zero-order valence-corrected chi connectivity index (χ0v) is 13.1. The van der Waals surface area contributed by atoms with Crippen molar-refractivity contribution in [1.29, 1.82) is 0 Å². The Morgan fingerprint density at radius 1 is 1.19 bits per heavy atom. The highest BCUT2D eigenvalue weighted by Gasteiger charge is 2.14. The number of anilines is 1. The minimum atomic E-state index is -0.203. The quantitative estimate of drug-likeness (QED) is 0.891. The highest BCUT2D eigenvalue weighted by molar-refractivity contribution is 9.10. The van der Waals surface area contributed by atoms with Gasteiger partial charge in [-0.25, -0.2) is 4.79 Å². The van der Waals surface area contributed by atoms with E-state index in [1.807, 2.05) is 12.1 Å². The molecule has 1 aliphatic carbocycles. The van der Waals surface area contributed by atoms with Crippen molar-refractivity contribution in [3.63, 3.8) is 0 Å². The number of hydrogen-bond donors (Lipinski definition) is 2. The molecular formula is C16H16BrN3O. The van der Waals surface area contributed by atoms with E-state index in [0.29, 0.717) is 6.54 Å². The number of urea groups is 1. The number of hydrogen-bond acceptors (Lipinski definition) is 2. The molecule has 0 unspecified atom stereocenters. The lowest BCUT2D eigenvalue weighted by atomic mass is 10.1. The number of pyridine rings is 1. The molecule has 3 rings (SSSR count). The van der Waals surface area contributed by atoms with Gasteiger partial charge < -0.3 is 10.6 Å². The molecule has 0 aliphatic heterocycles. The van der Waals surface area contributed by atoms with Crippen LogP contribution in [0.4, 0.5) is 10.5 Å². The molecule has 2 amide bonds. The average molecular weight is 346 g/mol. The Kier molecular flexibility index (Phi) is 4.20. The van der Waals surface area contributed by atoms with Crippen molar-refractivity contribution in [2.45, 2.75) is 25.8 Å². The number of nitrogens with zero attached hydrogens (tertiary/aromatic N) is 1. The molecule has 2 N–H and O–H groups in total. The van der Waals surface area contributed by atoms with Crippen LogP contribution in [0.3, 0.4) is 0 Å². The number of amides is 2. The predicted molar refractivity (Wildman–Crippen MR) is 86.3 cm³/mol. The van der Waals surface area contributed by atoms with Gasteiger partial charge in [0.25, 0.3) is 0 Å². The fourth-order valence-corrected chi connectivity index (χ4v) is 3.03. The van der Waals surface area contributed by atoms with E-state index < -0.39 is 0 Å². The maximum Gasteiger partial charge on any atom is 0.319 e. The largest absolute Gasteiger partial charge is 0.334 e. The van der Waals surface area contributed by atoms with E-state index in [1.165, 1.54) is 17.5 Å². The molecule has 0 spiro atoms. The normalized spacial score (nSPS) is 12.8. The first-order valence-electron chi connectivity index (χ1n) is 6.97. The standard InChI is InChI=1S/C16H16BrN3O/c17-14-8-12-2-1-3-13(12)9-15(14)20-16(21)19-10-11-4-6-18-7-5-11/h4-9H,1-3,10H2,(H2,19,20,21). The lowest BCUT2D eigenvalue weighted by molar-refractivity contribution is 0.251. The third-order valence-corrected chi connectivity index (χ3v) is 4.29. The monoisotopic (exact) mass is 345 g/mol. The number of aromatic nitrogens is 1. The van der Waals surface area contributed by atoms with Gasteiger partial charge in [0.2, 0.25) is 0 Å². The van der Waals surface area contributed by atoms with Crippen LogP contribution in [-0.2, 0) is 19.4 Å². The van der Waals surface area contributed by atoms with Gasteiger partial charge in [-0.1, -0.05) is 0 Å². The van der Waals surface area contributed by atoms with Gasteiger partial charge in [-0.2, -0.15) is 0 Å². The lowest BCUT2D eigenvalue weighted by Crippen LogP contribution is -2.28. The summed E-state index contributed by atoms with van der Waals surface area (Å²) in [6.45, 7) is 0.483. The summed E-state index contributed by atoms with van der Waals surface area (Å²) >= 11 is 3.52. The summed E-state index contributed by atoms with van der Waals surface area (Å²) in [5, 5.41) is 5.74. The van der Waals surface area contributed by atoms with E-state index in [4.69, 9.17) is 0 Å². The first kappa shape index (κ1) is 14.1. The van der Waals surface area contributed by atoms with Crippen molar-refractivity contribution in [2.24, 2.45) is 0 Å². The van der Waals surface area contributed by atoms with Crippen LogP contribution in [0, 0.1) is 0 Å². The number of rotatable bonds is 3. The lowest BCUT2D eigenvalue weighted by Gasteiger charge is -2.11. The van der Waals surface area contributed by atoms with Crippen molar-refractivity contribution < 1.29 is 4.79 Å². The minimum Gasteiger partial charge on any atom is -0.334 e. The average Bonchev–Trinajstić information content (AvgIpc) is 2.94. The Bertz CT molecular complexity index is 658. The second-order valence-electron chi connectivity index (χ2n) is 5.12. The topological polar surface area (TPSA) is 54.0 Å². The van der Waals surface area contributed by atoms with Gasteiger partial charge in [0, 0.05) is 23.4 Å². The Morgan fingerprint density at radius 3 is 2.67 bits per heavy atom. The highest BCUT2D eigenvalue weighted by atomic mass is 79.9. The first-order valence-corrected chi connectivity index (χ1v) is 7.77. The second-order valence-corrected chi connectivity index (χ2v) is 5.97. The number of aryl methyl sites for hydroxylation is 2. The van der Waals surface area contributed by atoms with Gasteiger partial charge in [-0.15, -0.1) is 0 Å². The van der Waals surface area contributed by atoms with Crippen molar-refractivity contribution in [2.75, 3.05) is 5.32 Å². The smallest absolute Gasteiger partial charge is 0.319 e. The second kappa shape index (κ2) is 6.26.